The summed E-state index contributed by atoms with van der Waals surface area (Å²) in [4.78, 5) is -1.39. The van der Waals surface area contributed by atoms with E-state index in [4.69, 9.17) is 18.9 Å². The van der Waals surface area contributed by atoms with Crippen molar-refractivity contribution in [3.05, 3.63) is 140 Å². The van der Waals surface area contributed by atoms with Crippen molar-refractivity contribution in [2.45, 2.75) is 14.7 Å². The van der Waals surface area contributed by atoms with Crippen molar-refractivity contribution < 1.29 is 99.5 Å². The van der Waals surface area contributed by atoms with Gasteiger partial charge in [0.25, 0.3) is 0 Å². The summed E-state index contributed by atoms with van der Waals surface area (Å²) in [6, 6.07) is 39.0. The van der Waals surface area contributed by atoms with Crippen LogP contribution in [-0.2, 0) is 20.0 Å². The minimum absolute atomic E-state index is 0. The molecule has 0 heterocycles. The van der Waals surface area contributed by atoms with E-state index in [1.807, 2.05) is 60.7 Å². The molecule has 0 aromatic heterocycles. The predicted molar refractivity (Wildman–Crippen MR) is 182 cm³/mol. The second-order valence-electron chi connectivity index (χ2n) is 10.7. The number of rotatable bonds is 11. The quantitative estimate of drug-likeness (QED) is 0.112. The summed E-state index contributed by atoms with van der Waals surface area (Å²) in [6.07, 6.45) is 0. The Hall–Kier alpha value is -3.62. The number of hydrogen-bond acceptors (Lipinski definition) is 9. The van der Waals surface area contributed by atoms with E-state index >= 15 is 0 Å². The molecule has 0 radical (unpaired) electrons. The van der Waals surface area contributed by atoms with Crippen LogP contribution in [0.1, 0.15) is 0 Å². The summed E-state index contributed by atoms with van der Waals surface area (Å²) in [5, 5.41) is 0. The summed E-state index contributed by atoms with van der Waals surface area (Å²) in [7, 11) is -6.18. The molecule has 0 amide bonds. The maximum atomic E-state index is 13.5. The number of hydrogen-bond donors (Lipinski definition) is 0. The zero-order valence-corrected chi connectivity index (χ0v) is 33.8. The molecule has 6 aromatic carbocycles. The zero-order chi connectivity index (χ0) is 34.6. The number of benzene rings is 6. The van der Waals surface area contributed by atoms with Crippen LogP contribution in [0.5, 0.6) is 34.5 Å². The summed E-state index contributed by atoms with van der Waals surface area (Å²) in [6.45, 7) is 0. The van der Waals surface area contributed by atoms with Crippen molar-refractivity contribution in [3.8, 4) is 56.8 Å². The Balaban J connectivity index is 0.00000292. The molecule has 0 atom stereocenters. The van der Waals surface area contributed by atoms with Gasteiger partial charge >= 0.3 is 59.1 Å². The Bertz CT molecular complexity index is 2300. The first kappa shape index (κ1) is 40.2. The summed E-state index contributed by atoms with van der Waals surface area (Å²) >= 11 is 0. The fourth-order valence-electron chi connectivity index (χ4n) is 4.95. The maximum Gasteiger partial charge on any atom is 1.00 e. The summed E-state index contributed by atoms with van der Waals surface area (Å²) in [5.41, 5.74) is 3.75. The van der Waals surface area contributed by atoms with Crippen molar-refractivity contribution in [1.82, 2.24) is 0 Å². The van der Waals surface area contributed by atoms with Crippen LogP contribution >= 0.6 is 0 Å². The van der Waals surface area contributed by atoms with Crippen LogP contribution in [0, 0.1) is 6.07 Å². The smallest absolute Gasteiger partial charge is 0.744 e. The molecule has 0 unspecified atom stereocenters. The standard InChI is InChI=1S/C38H29O9S2.2Na/c1-44-30-11-3-26(4-12-30)28-7-15-32(16-8-28)46-33-19-21-35(22-20-33)48(39,40)36-23-24-37(38(25-36)49(41,42)43)47-34-17-9-29(10-18-34)27-5-13-31(45-2)14-6-27;;/h3-19,21-25H,1-2H3,(H,41,42,43);;/q-1;2*+1/p-1. The fourth-order valence-corrected chi connectivity index (χ4v) is 6.91. The minimum atomic E-state index is -5.13. The van der Waals surface area contributed by atoms with Gasteiger partial charge in [0.15, 0.2) is 9.84 Å². The molecule has 0 spiro atoms. The summed E-state index contributed by atoms with van der Waals surface area (Å²) < 4.78 is 85.6. The van der Waals surface area contributed by atoms with Crippen molar-refractivity contribution in [2.24, 2.45) is 0 Å². The van der Waals surface area contributed by atoms with Crippen LogP contribution in [0.15, 0.2) is 148 Å². The van der Waals surface area contributed by atoms with Gasteiger partial charge in [-0.15, -0.1) is 12.1 Å². The molecule has 0 bridgehead atoms. The Kier molecular flexibility index (Phi) is 13.6. The van der Waals surface area contributed by atoms with Crippen LogP contribution in [0.3, 0.4) is 0 Å². The maximum absolute atomic E-state index is 13.5. The number of methoxy groups -OCH3 is 2. The second kappa shape index (κ2) is 17.3. The summed E-state index contributed by atoms with van der Waals surface area (Å²) in [5.74, 6) is 2.20. The first-order chi connectivity index (χ1) is 23.5. The second-order valence-corrected chi connectivity index (χ2v) is 14.0. The van der Waals surface area contributed by atoms with E-state index in [9.17, 15) is 21.4 Å². The van der Waals surface area contributed by atoms with Crippen molar-refractivity contribution in [1.29, 1.82) is 0 Å². The Morgan fingerprint density at radius 3 is 1.31 bits per heavy atom. The van der Waals surface area contributed by atoms with Crippen LogP contribution in [0.2, 0.25) is 0 Å². The van der Waals surface area contributed by atoms with E-state index in [0.717, 1.165) is 40.1 Å². The number of ether oxygens (including phenoxy) is 4. The fraction of sp³-hybridized carbons (Fsp3) is 0.0526. The van der Waals surface area contributed by atoms with Gasteiger partial charge in [0, 0.05) is 5.75 Å². The molecule has 0 saturated heterocycles. The third-order valence-electron chi connectivity index (χ3n) is 7.57. The van der Waals surface area contributed by atoms with Gasteiger partial charge in [-0.05, 0) is 93.9 Å². The average molecular weight is 739 g/mol. The number of sulfone groups is 1. The van der Waals surface area contributed by atoms with E-state index in [-0.39, 0.29) is 81.3 Å². The van der Waals surface area contributed by atoms with Crippen LogP contribution in [0.25, 0.3) is 22.3 Å². The predicted octanol–water partition coefficient (Wildman–Crippen LogP) is 2.17. The van der Waals surface area contributed by atoms with E-state index < -0.39 is 29.7 Å². The molecule has 51 heavy (non-hydrogen) atoms. The molecule has 6 rings (SSSR count). The van der Waals surface area contributed by atoms with Crippen molar-refractivity contribution in [3.63, 3.8) is 0 Å². The normalized spacial score (nSPS) is 11.0. The van der Waals surface area contributed by atoms with E-state index in [2.05, 4.69) is 6.07 Å². The molecular weight excluding hydrogens is 711 g/mol. The largest absolute Gasteiger partial charge is 1.00 e. The molecule has 0 aliphatic heterocycles. The van der Waals surface area contributed by atoms with Crippen molar-refractivity contribution >= 4 is 20.0 Å². The first-order valence-corrected chi connectivity index (χ1v) is 17.6. The van der Waals surface area contributed by atoms with Gasteiger partial charge in [0.2, 0.25) is 0 Å². The van der Waals surface area contributed by atoms with Gasteiger partial charge in [0.05, 0.1) is 24.0 Å². The van der Waals surface area contributed by atoms with Gasteiger partial charge < -0.3 is 23.5 Å². The molecule has 248 valence electrons. The molecule has 0 aliphatic carbocycles. The molecule has 6 aromatic rings. The third kappa shape index (κ3) is 9.63. The van der Waals surface area contributed by atoms with E-state index in [1.165, 1.54) is 24.3 Å². The Labute approximate surface area is 341 Å². The monoisotopic (exact) mass is 738 g/mol. The van der Waals surface area contributed by atoms with Gasteiger partial charge in [-0.2, -0.15) is 12.1 Å². The third-order valence-corrected chi connectivity index (χ3v) is 10.2. The molecule has 0 aliphatic rings. The van der Waals surface area contributed by atoms with Gasteiger partial charge in [0.1, 0.15) is 38.9 Å². The molecular formula is C38H28Na2O9S2. The Morgan fingerprint density at radius 2 is 0.922 bits per heavy atom. The molecule has 0 fully saturated rings. The molecule has 0 saturated carbocycles. The van der Waals surface area contributed by atoms with E-state index in [1.54, 1.807) is 50.6 Å². The van der Waals surface area contributed by atoms with E-state index in [0.29, 0.717) is 11.5 Å². The van der Waals surface area contributed by atoms with Crippen molar-refractivity contribution in [2.75, 3.05) is 14.2 Å². The van der Waals surface area contributed by atoms with Crippen LogP contribution in [0.4, 0.5) is 0 Å². The van der Waals surface area contributed by atoms with Crippen LogP contribution < -0.4 is 78.1 Å². The zero-order valence-electron chi connectivity index (χ0n) is 28.2. The minimum Gasteiger partial charge on any atom is -0.744 e. The van der Waals surface area contributed by atoms with Gasteiger partial charge in [-0.3, -0.25) is 0 Å². The van der Waals surface area contributed by atoms with Gasteiger partial charge in [-0.25, -0.2) is 16.8 Å². The molecule has 13 heteroatoms. The van der Waals surface area contributed by atoms with Gasteiger partial charge in [-0.1, -0.05) is 48.5 Å². The molecule has 0 N–H and O–H groups in total. The topological polar surface area (TPSA) is 128 Å². The average Bonchev–Trinajstić information content (AvgIpc) is 3.12. The SMILES string of the molecule is COc1ccc(-c2ccc(Oc3[c-]cc(S(=O)(=O)c4ccc(Oc5ccc(-c6ccc(OC)cc6)cc5)c(S(=O)(=O)[O-])c4)cc3)cc2)cc1.[Na+].[Na+]. The molecule has 9 nitrogen and oxygen atoms in total. The van der Waals surface area contributed by atoms with Crippen LogP contribution in [-0.4, -0.2) is 35.6 Å². The first-order valence-electron chi connectivity index (χ1n) is 14.7. The Morgan fingerprint density at radius 1 is 0.510 bits per heavy atom.